The van der Waals surface area contributed by atoms with E-state index in [0.29, 0.717) is 13.0 Å². The molecule has 11 atom stereocenters. The first kappa shape index (κ1) is 76.5. The van der Waals surface area contributed by atoms with Crippen molar-refractivity contribution in [2.45, 2.75) is 325 Å². The lowest BCUT2D eigenvalue weighted by molar-refractivity contribution is -0.332. The second kappa shape index (κ2) is 54.8. The van der Waals surface area contributed by atoms with E-state index < -0.39 is 86.7 Å². The molecule has 0 aromatic carbocycles. The molecule has 83 heavy (non-hydrogen) atoms. The molecule has 2 rings (SSSR count). The summed E-state index contributed by atoms with van der Waals surface area (Å²) in [5.74, 6) is -0.397. The molecule has 0 aromatic rings. The number of carbonyl (C=O) groups excluding carboxylic acids is 1. The summed E-state index contributed by atoms with van der Waals surface area (Å²) < 4.78 is 34.5. The third-order valence-corrected chi connectivity index (χ3v) is 15.7. The van der Waals surface area contributed by atoms with Gasteiger partial charge >= 0.3 is 5.97 Å². The van der Waals surface area contributed by atoms with Crippen molar-refractivity contribution in [3.63, 3.8) is 0 Å². The zero-order chi connectivity index (χ0) is 60.1. The predicted octanol–water partition coefficient (Wildman–Crippen LogP) is 13.8. The van der Waals surface area contributed by atoms with Crippen LogP contribution in [0.1, 0.15) is 258 Å². The first-order valence-corrected chi connectivity index (χ1v) is 33.5. The van der Waals surface area contributed by atoms with Gasteiger partial charge in [0.15, 0.2) is 12.6 Å². The lowest BCUT2D eigenvalue weighted by Crippen LogP contribution is -2.61. The number of rotatable bonds is 55. The second-order valence-electron chi connectivity index (χ2n) is 23.3. The van der Waals surface area contributed by atoms with Crippen LogP contribution in [-0.2, 0) is 33.2 Å². The molecule has 2 fully saturated rings. The lowest BCUT2D eigenvalue weighted by atomic mass is 9.98. The van der Waals surface area contributed by atoms with E-state index >= 15 is 0 Å². The highest BCUT2D eigenvalue weighted by atomic mass is 16.7. The van der Waals surface area contributed by atoms with Crippen LogP contribution in [0.3, 0.4) is 0 Å². The van der Waals surface area contributed by atoms with Crippen molar-refractivity contribution in [1.29, 1.82) is 0 Å². The fourth-order valence-electron chi connectivity index (χ4n) is 10.4. The highest BCUT2D eigenvalue weighted by Gasteiger charge is 2.47. The van der Waals surface area contributed by atoms with Crippen molar-refractivity contribution in [1.82, 2.24) is 0 Å². The Morgan fingerprint density at radius 3 is 1.23 bits per heavy atom. The minimum absolute atomic E-state index is 0.0504. The minimum atomic E-state index is -1.72. The molecule has 0 radical (unpaired) electrons. The SMILES string of the molecule is CC/C=C\C/C=C\C/C=C\C/C=C\C/C=C\C/C=C\CCCCCCC(=O)OC(COCCCCCCCCCCCCCCCCCCCCCCCCCCCC)COC1OC(COC2OC(CO)C(O)C(O)C2O)C(O)C(O)C1O. The smallest absolute Gasteiger partial charge is 0.306 e. The summed E-state index contributed by atoms with van der Waals surface area (Å²) in [7, 11) is 0. The average Bonchev–Trinajstić information content (AvgIpc) is 3.49. The van der Waals surface area contributed by atoms with E-state index in [1.807, 2.05) is 0 Å². The molecule has 2 saturated heterocycles. The maximum Gasteiger partial charge on any atom is 0.306 e. The Kier molecular flexibility index (Phi) is 50.5. The number of hydrogen-bond donors (Lipinski definition) is 7. The number of unbranched alkanes of at least 4 members (excludes halogenated alkanes) is 29. The highest BCUT2D eigenvalue weighted by Crippen LogP contribution is 2.27. The number of carbonyl (C=O) groups is 1. The fraction of sp³-hybridized carbons (Fsp3) is 0.812. The third-order valence-electron chi connectivity index (χ3n) is 15.7. The van der Waals surface area contributed by atoms with Gasteiger partial charge in [-0.2, -0.15) is 0 Å². The zero-order valence-corrected chi connectivity index (χ0v) is 52.2. The van der Waals surface area contributed by atoms with Crippen LogP contribution in [0.4, 0.5) is 0 Å². The van der Waals surface area contributed by atoms with Crippen LogP contribution in [0.15, 0.2) is 72.9 Å². The van der Waals surface area contributed by atoms with Gasteiger partial charge in [-0.15, -0.1) is 0 Å². The maximum atomic E-state index is 13.1. The highest BCUT2D eigenvalue weighted by molar-refractivity contribution is 5.69. The monoisotopic (exact) mass is 1170 g/mol. The van der Waals surface area contributed by atoms with Crippen molar-refractivity contribution in [2.24, 2.45) is 0 Å². The number of ether oxygens (including phenoxy) is 6. The lowest BCUT2D eigenvalue weighted by Gasteiger charge is -2.42. The molecule has 0 aromatic heterocycles. The maximum absolute atomic E-state index is 13.1. The van der Waals surface area contributed by atoms with Crippen LogP contribution in [0.25, 0.3) is 0 Å². The van der Waals surface area contributed by atoms with Crippen LogP contribution in [-0.4, -0.2) is 142 Å². The molecule has 2 heterocycles. The number of allylic oxidation sites excluding steroid dienone is 12. The van der Waals surface area contributed by atoms with E-state index in [2.05, 4.69) is 86.8 Å². The van der Waals surface area contributed by atoms with Crippen LogP contribution in [0, 0.1) is 0 Å². The summed E-state index contributed by atoms with van der Waals surface area (Å²) >= 11 is 0. The van der Waals surface area contributed by atoms with Gasteiger partial charge < -0.3 is 64.2 Å². The van der Waals surface area contributed by atoms with Gasteiger partial charge in [-0.25, -0.2) is 0 Å². The Labute approximate surface area is 504 Å². The van der Waals surface area contributed by atoms with Crippen molar-refractivity contribution >= 4 is 5.97 Å². The molecule has 0 aliphatic carbocycles. The molecule has 14 nitrogen and oxygen atoms in total. The predicted molar refractivity (Wildman–Crippen MR) is 335 cm³/mol. The van der Waals surface area contributed by atoms with Crippen LogP contribution in [0.5, 0.6) is 0 Å². The molecule has 0 spiro atoms. The molecule has 482 valence electrons. The molecule has 2 aliphatic heterocycles. The van der Waals surface area contributed by atoms with Gasteiger partial charge in [0.2, 0.25) is 0 Å². The molecule has 7 N–H and O–H groups in total. The number of hydrogen-bond acceptors (Lipinski definition) is 14. The Balaban J connectivity index is 1.67. The van der Waals surface area contributed by atoms with E-state index in [1.54, 1.807) is 0 Å². The zero-order valence-electron chi connectivity index (χ0n) is 52.2. The van der Waals surface area contributed by atoms with Crippen molar-refractivity contribution in [3.8, 4) is 0 Å². The Morgan fingerprint density at radius 1 is 0.410 bits per heavy atom. The molecule has 0 saturated carbocycles. The molecular weight excluding hydrogens is 1050 g/mol. The summed E-state index contributed by atoms with van der Waals surface area (Å²) in [4.78, 5) is 13.1. The van der Waals surface area contributed by atoms with Gasteiger partial charge in [0.1, 0.15) is 54.9 Å². The summed E-state index contributed by atoms with van der Waals surface area (Å²) in [6, 6.07) is 0. The number of esters is 1. The van der Waals surface area contributed by atoms with Crippen LogP contribution < -0.4 is 0 Å². The average molecular weight is 1180 g/mol. The quantitative estimate of drug-likeness (QED) is 0.0171. The summed E-state index contributed by atoms with van der Waals surface area (Å²) in [5.41, 5.74) is 0. The van der Waals surface area contributed by atoms with Crippen molar-refractivity contribution < 1.29 is 69.0 Å². The number of aliphatic hydroxyl groups excluding tert-OH is 7. The summed E-state index contributed by atoms with van der Waals surface area (Å²) in [5, 5.41) is 72.6. The Hall–Kier alpha value is -2.57. The van der Waals surface area contributed by atoms with Gasteiger partial charge in [-0.3, -0.25) is 4.79 Å². The summed E-state index contributed by atoms with van der Waals surface area (Å²) in [6.45, 7) is 3.58. The molecule has 2 aliphatic rings. The topological polar surface area (TPSA) is 214 Å². The molecular formula is C69H122O14. The van der Waals surface area contributed by atoms with Gasteiger partial charge in [-0.1, -0.05) is 260 Å². The fourth-order valence-corrected chi connectivity index (χ4v) is 10.4. The van der Waals surface area contributed by atoms with Gasteiger partial charge in [0.25, 0.3) is 0 Å². The third kappa shape index (κ3) is 40.5. The van der Waals surface area contributed by atoms with Gasteiger partial charge in [0, 0.05) is 13.0 Å². The van der Waals surface area contributed by atoms with E-state index in [0.717, 1.165) is 83.5 Å². The van der Waals surface area contributed by atoms with E-state index in [9.17, 15) is 40.5 Å². The van der Waals surface area contributed by atoms with Crippen molar-refractivity contribution in [3.05, 3.63) is 72.9 Å². The van der Waals surface area contributed by atoms with Crippen LogP contribution >= 0.6 is 0 Å². The minimum Gasteiger partial charge on any atom is -0.457 e. The van der Waals surface area contributed by atoms with E-state index in [1.165, 1.54) is 148 Å². The summed E-state index contributed by atoms with van der Waals surface area (Å²) in [6.07, 6.45) is 55.5. The van der Waals surface area contributed by atoms with Crippen LogP contribution in [0.2, 0.25) is 0 Å². The Morgan fingerprint density at radius 2 is 0.783 bits per heavy atom. The normalized spacial score (nSPS) is 23.9. The molecule has 14 heteroatoms. The largest absolute Gasteiger partial charge is 0.457 e. The molecule has 11 unspecified atom stereocenters. The van der Waals surface area contributed by atoms with Gasteiger partial charge in [-0.05, 0) is 64.2 Å². The van der Waals surface area contributed by atoms with E-state index in [-0.39, 0.29) is 19.6 Å². The van der Waals surface area contributed by atoms with Gasteiger partial charge in [0.05, 0.1) is 26.4 Å². The number of aliphatic hydroxyl groups is 7. The van der Waals surface area contributed by atoms with E-state index in [4.69, 9.17) is 28.4 Å². The molecule has 0 bridgehead atoms. The first-order valence-electron chi connectivity index (χ1n) is 33.5. The Bertz CT molecular complexity index is 1650. The van der Waals surface area contributed by atoms with Crippen molar-refractivity contribution in [2.75, 3.05) is 33.0 Å². The molecule has 0 amide bonds. The second-order valence-corrected chi connectivity index (χ2v) is 23.3. The first-order chi connectivity index (χ1) is 40.6. The standard InChI is InChI=1S/C69H122O14/c1-3-5-7-9-11-13-15-17-19-21-23-25-27-28-29-31-33-35-37-39-41-43-45-47-49-51-53-78-55-58(56-79-68-67(77)65(75)63(73)60(83-68)57-80-69-66(76)64(74)62(72)59(54-70)82-69)81-61(71)52-50-48-46-44-42-40-38-36-34-32-30-26-24-22-20-18-16-14-12-10-8-6-4-2/h6,8,12,14,18,20,24,26,32,34,38,40,58-60,62-70,72-77H,3-5,7,9-11,13,15-17,19,21-23,25,27-31,33,35-37,39,41-57H2,1-2H3/b8-6-,14-12-,20-18-,26-24-,34-32-,40-38-.